The lowest BCUT2D eigenvalue weighted by Crippen LogP contribution is -2.06. The van der Waals surface area contributed by atoms with Crippen molar-refractivity contribution in [3.8, 4) is 0 Å². The Balaban J connectivity index is 1.99. The maximum absolute atomic E-state index is 11.9. The predicted molar refractivity (Wildman–Crippen MR) is 101 cm³/mol. The molecule has 0 amide bonds. The van der Waals surface area contributed by atoms with E-state index in [1.165, 1.54) is 7.11 Å². The summed E-state index contributed by atoms with van der Waals surface area (Å²) in [5.74, 6) is -1.18. The molecule has 0 atom stereocenters. The number of unbranched alkanes of at least 4 members (excludes halogenated alkanes) is 1. The molecule has 6 heteroatoms. The topological polar surface area (TPSA) is 88.5 Å². The molecule has 3 aromatic rings. The quantitative estimate of drug-likeness (QED) is 0.381. The van der Waals surface area contributed by atoms with Gasteiger partial charge in [0.05, 0.1) is 29.4 Å². The molecule has 134 valence electrons. The van der Waals surface area contributed by atoms with Gasteiger partial charge >= 0.3 is 11.9 Å². The zero-order valence-electron chi connectivity index (χ0n) is 14.5. The third-order valence-corrected chi connectivity index (χ3v) is 4.22. The van der Waals surface area contributed by atoms with Gasteiger partial charge in [-0.25, -0.2) is 9.78 Å². The average Bonchev–Trinajstić information content (AvgIpc) is 2.65. The van der Waals surface area contributed by atoms with E-state index >= 15 is 0 Å². The number of anilines is 1. The normalized spacial score (nSPS) is 10.8. The number of aliphatic carboxylic acids is 1. The second-order valence-electron chi connectivity index (χ2n) is 6.01. The maximum Gasteiger partial charge on any atom is 0.337 e. The van der Waals surface area contributed by atoms with Gasteiger partial charge < -0.3 is 15.2 Å². The number of hydrogen-bond donors (Lipinski definition) is 2. The number of pyridine rings is 1. The monoisotopic (exact) mass is 352 g/mol. The van der Waals surface area contributed by atoms with Crippen molar-refractivity contribution in [2.75, 3.05) is 19.0 Å². The van der Waals surface area contributed by atoms with Crippen LogP contribution in [0.3, 0.4) is 0 Å². The van der Waals surface area contributed by atoms with Crippen LogP contribution in [-0.4, -0.2) is 35.7 Å². The lowest BCUT2D eigenvalue weighted by atomic mass is 10.0. The molecule has 0 saturated carbocycles. The fourth-order valence-corrected chi connectivity index (χ4v) is 2.94. The molecule has 0 unspecified atom stereocenters. The van der Waals surface area contributed by atoms with E-state index in [0.29, 0.717) is 18.5 Å². The molecule has 0 aliphatic rings. The smallest absolute Gasteiger partial charge is 0.337 e. The number of carbonyl (C=O) groups excluding carboxylic acids is 1. The molecule has 6 nitrogen and oxygen atoms in total. The summed E-state index contributed by atoms with van der Waals surface area (Å²) in [5.41, 5.74) is 3.00. The number of aromatic nitrogens is 1. The van der Waals surface area contributed by atoms with Gasteiger partial charge in [-0.15, -0.1) is 0 Å². The SMILES string of the molecule is COC(=O)c1ccc2nc3ccccc3c(NCCCCC(=O)O)c2c1. The van der Waals surface area contributed by atoms with Gasteiger partial charge in [-0.2, -0.15) is 0 Å². The van der Waals surface area contributed by atoms with Crippen molar-refractivity contribution in [1.29, 1.82) is 0 Å². The fraction of sp³-hybridized carbons (Fsp3) is 0.250. The van der Waals surface area contributed by atoms with Gasteiger partial charge in [-0.3, -0.25) is 4.79 Å². The number of carbonyl (C=O) groups is 2. The Morgan fingerprint density at radius 1 is 1.08 bits per heavy atom. The summed E-state index contributed by atoms with van der Waals surface area (Å²) < 4.78 is 4.81. The summed E-state index contributed by atoms with van der Waals surface area (Å²) in [6.45, 7) is 0.638. The van der Waals surface area contributed by atoms with Crippen LogP contribution in [0.4, 0.5) is 5.69 Å². The molecule has 0 aliphatic heterocycles. The van der Waals surface area contributed by atoms with Crippen LogP contribution >= 0.6 is 0 Å². The van der Waals surface area contributed by atoms with Gasteiger partial charge in [0.25, 0.3) is 0 Å². The number of nitrogens with zero attached hydrogens (tertiary/aromatic N) is 1. The minimum Gasteiger partial charge on any atom is -0.481 e. The summed E-state index contributed by atoms with van der Waals surface area (Å²) in [7, 11) is 1.35. The van der Waals surface area contributed by atoms with E-state index in [0.717, 1.165) is 33.9 Å². The number of carboxylic acids is 1. The van der Waals surface area contributed by atoms with E-state index in [1.54, 1.807) is 12.1 Å². The summed E-state index contributed by atoms with van der Waals surface area (Å²) in [4.78, 5) is 27.2. The van der Waals surface area contributed by atoms with Crippen molar-refractivity contribution < 1.29 is 19.4 Å². The number of para-hydroxylation sites is 1. The van der Waals surface area contributed by atoms with Crippen molar-refractivity contribution in [2.45, 2.75) is 19.3 Å². The van der Waals surface area contributed by atoms with Crippen LogP contribution < -0.4 is 5.32 Å². The number of fused-ring (bicyclic) bond motifs is 2. The summed E-state index contributed by atoms with van der Waals surface area (Å²) in [6.07, 6.45) is 1.50. The first-order chi connectivity index (χ1) is 12.6. The van der Waals surface area contributed by atoms with Crippen LogP contribution in [0.1, 0.15) is 29.6 Å². The molecule has 0 fully saturated rings. The van der Waals surface area contributed by atoms with E-state index in [4.69, 9.17) is 9.84 Å². The van der Waals surface area contributed by atoms with Crippen LogP contribution in [0.25, 0.3) is 21.8 Å². The Morgan fingerprint density at radius 2 is 1.85 bits per heavy atom. The molecule has 1 aromatic heterocycles. The Hall–Kier alpha value is -3.15. The van der Waals surface area contributed by atoms with Crippen molar-refractivity contribution in [3.05, 3.63) is 48.0 Å². The Labute approximate surface area is 150 Å². The van der Waals surface area contributed by atoms with E-state index in [-0.39, 0.29) is 6.42 Å². The molecule has 0 aliphatic carbocycles. The van der Waals surface area contributed by atoms with Gasteiger partial charge in [0.15, 0.2) is 0 Å². The second-order valence-corrected chi connectivity index (χ2v) is 6.01. The first-order valence-electron chi connectivity index (χ1n) is 8.46. The standard InChI is InChI=1S/C20H20N2O4/c1-26-20(25)13-9-10-17-15(12-13)19(21-11-5-4-8-18(23)24)14-6-2-3-7-16(14)22-17/h2-3,6-7,9-10,12H,4-5,8,11H2,1H3,(H,21,22)(H,23,24). The van der Waals surface area contributed by atoms with Crippen molar-refractivity contribution >= 4 is 39.4 Å². The molecule has 2 N–H and O–H groups in total. The largest absolute Gasteiger partial charge is 0.481 e. The Bertz CT molecular complexity index is 969. The lowest BCUT2D eigenvalue weighted by molar-refractivity contribution is -0.137. The van der Waals surface area contributed by atoms with Gasteiger partial charge in [-0.1, -0.05) is 18.2 Å². The predicted octanol–water partition coefficient (Wildman–Crippen LogP) is 3.84. The van der Waals surface area contributed by atoms with Crippen LogP contribution in [-0.2, 0) is 9.53 Å². The third-order valence-electron chi connectivity index (χ3n) is 4.22. The molecule has 0 bridgehead atoms. The highest BCUT2D eigenvalue weighted by atomic mass is 16.5. The molecule has 2 aromatic carbocycles. The molecule has 3 rings (SSSR count). The molecular formula is C20H20N2O4. The summed E-state index contributed by atoms with van der Waals surface area (Å²) in [5, 5.41) is 13.9. The fourth-order valence-electron chi connectivity index (χ4n) is 2.94. The van der Waals surface area contributed by atoms with Gasteiger partial charge in [-0.05, 0) is 37.1 Å². The van der Waals surface area contributed by atoms with E-state index in [2.05, 4.69) is 10.3 Å². The highest BCUT2D eigenvalue weighted by molar-refractivity contribution is 6.09. The number of esters is 1. The molecule has 0 saturated heterocycles. The van der Waals surface area contributed by atoms with Crippen LogP contribution in [0.15, 0.2) is 42.5 Å². The molecule has 0 radical (unpaired) electrons. The molecular weight excluding hydrogens is 332 g/mol. The third kappa shape index (κ3) is 3.74. The summed E-state index contributed by atoms with van der Waals surface area (Å²) in [6, 6.07) is 13.1. The van der Waals surface area contributed by atoms with Crippen molar-refractivity contribution in [1.82, 2.24) is 4.98 Å². The van der Waals surface area contributed by atoms with Gasteiger partial charge in [0, 0.05) is 23.7 Å². The first kappa shape index (κ1) is 17.7. The number of benzene rings is 2. The molecule has 26 heavy (non-hydrogen) atoms. The molecule has 0 spiro atoms. The van der Waals surface area contributed by atoms with E-state index in [1.807, 2.05) is 30.3 Å². The summed E-state index contributed by atoms with van der Waals surface area (Å²) >= 11 is 0. The number of ether oxygens (including phenoxy) is 1. The van der Waals surface area contributed by atoms with Crippen LogP contribution in [0.5, 0.6) is 0 Å². The van der Waals surface area contributed by atoms with Crippen molar-refractivity contribution in [2.24, 2.45) is 0 Å². The van der Waals surface area contributed by atoms with Crippen LogP contribution in [0.2, 0.25) is 0 Å². The van der Waals surface area contributed by atoms with Crippen LogP contribution in [0, 0.1) is 0 Å². The molecule has 1 heterocycles. The van der Waals surface area contributed by atoms with Crippen molar-refractivity contribution in [3.63, 3.8) is 0 Å². The number of nitrogens with one attached hydrogen (secondary N) is 1. The zero-order chi connectivity index (χ0) is 18.5. The highest BCUT2D eigenvalue weighted by Crippen LogP contribution is 2.31. The Morgan fingerprint density at radius 3 is 2.62 bits per heavy atom. The Kier molecular flexibility index (Phi) is 5.31. The number of carboxylic acid groups (broad SMARTS) is 1. The minimum absolute atomic E-state index is 0.159. The average molecular weight is 352 g/mol. The van der Waals surface area contributed by atoms with E-state index in [9.17, 15) is 9.59 Å². The number of hydrogen-bond acceptors (Lipinski definition) is 5. The lowest BCUT2D eigenvalue weighted by Gasteiger charge is -2.14. The number of rotatable bonds is 7. The first-order valence-corrected chi connectivity index (χ1v) is 8.46. The zero-order valence-corrected chi connectivity index (χ0v) is 14.5. The number of methoxy groups -OCH3 is 1. The maximum atomic E-state index is 11.9. The second kappa shape index (κ2) is 7.82. The van der Waals surface area contributed by atoms with Gasteiger partial charge in [0.2, 0.25) is 0 Å². The highest BCUT2D eigenvalue weighted by Gasteiger charge is 2.12. The van der Waals surface area contributed by atoms with E-state index < -0.39 is 11.9 Å². The minimum atomic E-state index is -0.785. The van der Waals surface area contributed by atoms with Gasteiger partial charge in [0.1, 0.15) is 0 Å².